The quantitative estimate of drug-likeness (QED) is 0.148. The summed E-state index contributed by atoms with van der Waals surface area (Å²) in [6.45, 7) is 9.29. The first-order valence-electron chi connectivity index (χ1n) is 13.2. The van der Waals surface area contributed by atoms with Crippen molar-refractivity contribution < 1.29 is 9.78 Å². The molecule has 1 aromatic carbocycles. The average molecular weight is 467 g/mol. The van der Waals surface area contributed by atoms with Gasteiger partial charge in [-0.3, -0.25) is 10.2 Å². The van der Waals surface area contributed by atoms with E-state index in [1.54, 1.807) is 0 Å². The fraction of sp³-hybridized carbons (Fsp3) is 0.571. The molecule has 6 heteroatoms. The summed E-state index contributed by atoms with van der Waals surface area (Å²) in [5.41, 5.74) is 9.17. The Hall–Kier alpha value is -2.60. The summed E-state index contributed by atoms with van der Waals surface area (Å²) >= 11 is 0. The van der Waals surface area contributed by atoms with E-state index in [4.69, 9.17) is 9.78 Å². The van der Waals surface area contributed by atoms with Crippen LogP contribution in [0.25, 0.3) is 0 Å². The molecule has 0 spiro atoms. The Morgan fingerprint density at radius 3 is 1.71 bits per heavy atom. The van der Waals surface area contributed by atoms with Crippen LogP contribution in [0.4, 0.5) is 0 Å². The number of H-pyrrole nitrogens is 2. The Labute approximate surface area is 204 Å². The number of nitrogens with one attached hydrogen (secondary N) is 2. The molecule has 34 heavy (non-hydrogen) atoms. The van der Waals surface area contributed by atoms with E-state index >= 15 is 0 Å². The van der Waals surface area contributed by atoms with Crippen molar-refractivity contribution in [3.63, 3.8) is 0 Å². The molecular formula is C28H42N4O2. The summed E-state index contributed by atoms with van der Waals surface area (Å²) in [6.07, 6.45) is 11.6. The first kappa shape index (κ1) is 26.0. The van der Waals surface area contributed by atoms with Crippen molar-refractivity contribution in [2.24, 2.45) is 0 Å². The monoisotopic (exact) mass is 466 g/mol. The highest BCUT2D eigenvalue weighted by molar-refractivity contribution is 5.28. The molecule has 0 amide bonds. The maximum absolute atomic E-state index is 5.48. The van der Waals surface area contributed by atoms with Crippen LogP contribution < -0.4 is 4.89 Å². The van der Waals surface area contributed by atoms with Crippen molar-refractivity contribution >= 4 is 0 Å². The lowest BCUT2D eigenvalue weighted by Crippen LogP contribution is -2.01. The molecule has 0 fully saturated rings. The Morgan fingerprint density at radius 1 is 0.647 bits per heavy atom. The number of nitrogens with zero attached hydrogens (tertiary/aromatic N) is 2. The Balaban J connectivity index is 1.31. The average Bonchev–Trinajstić information content (AvgIpc) is 3.47. The molecule has 0 bridgehead atoms. The Bertz CT molecular complexity index is 932. The van der Waals surface area contributed by atoms with Crippen molar-refractivity contribution in [3.8, 4) is 5.75 Å². The van der Waals surface area contributed by atoms with Crippen LogP contribution in [0.15, 0.2) is 24.3 Å². The molecule has 2 heterocycles. The summed E-state index contributed by atoms with van der Waals surface area (Å²) in [6, 6.07) is 8.29. The second-order valence-corrected chi connectivity index (χ2v) is 8.88. The fourth-order valence-corrected chi connectivity index (χ4v) is 4.56. The standard InChI is InChI=1S/C28H42N4O2/c1-5-25-23(26(6-2)30-29-25)14-10-9-13-21-16-18-22(19-17-21)34-33-20-12-11-15-24-27(7-3)31-32-28(24)8-4/h16-19H,5-15,20H2,1-4H3,(H,29,30)(H,31,32). The van der Waals surface area contributed by atoms with Gasteiger partial charge in [0.15, 0.2) is 5.75 Å². The number of hydrogen-bond donors (Lipinski definition) is 2. The lowest BCUT2D eigenvalue weighted by Gasteiger charge is -2.07. The predicted octanol–water partition coefficient (Wildman–Crippen LogP) is 6.28. The minimum Gasteiger partial charge on any atom is -0.338 e. The summed E-state index contributed by atoms with van der Waals surface area (Å²) in [7, 11) is 0. The van der Waals surface area contributed by atoms with Gasteiger partial charge in [-0.2, -0.15) is 15.1 Å². The lowest BCUT2D eigenvalue weighted by molar-refractivity contribution is -0.207. The maximum Gasteiger partial charge on any atom is 0.165 e. The highest BCUT2D eigenvalue weighted by Gasteiger charge is 2.11. The minimum absolute atomic E-state index is 0.593. The molecule has 186 valence electrons. The van der Waals surface area contributed by atoms with Crippen LogP contribution >= 0.6 is 0 Å². The van der Waals surface area contributed by atoms with E-state index in [1.807, 2.05) is 12.1 Å². The van der Waals surface area contributed by atoms with Crippen LogP contribution in [0, 0.1) is 0 Å². The third-order valence-electron chi connectivity index (χ3n) is 6.58. The van der Waals surface area contributed by atoms with E-state index in [0.717, 1.165) is 63.5 Å². The van der Waals surface area contributed by atoms with Crippen molar-refractivity contribution in [1.29, 1.82) is 0 Å². The topological polar surface area (TPSA) is 75.8 Å². The molecule has 0 saturated heterocycles. The zero-order chi connectivity index (χ0) is 24.2. The highest BCUT2D eigenvalue weighted by Crippen LogP contribution is 2.19. The molecule has 2 N–H and O–H groups in total. The van der Waals surface area contributed by atoms with Crippen LogP contribution in [0.3, 0.4) is 0 Å². The van der Waals surface area contributed by atoms with Crippen molar-refractivity contribution in [1.82, 2.24) is 20.4 Å². The van der Waals surface area contributed by atoms with E-state index in [-0.39, 0.29) is 0 Å². The van der Waals surface area contributed by atoms with Gasteiger partial charge in [-0.1, -0.05) is 39.8 Å². The molecule has 0 aliphatic rings. The van der Waals surface area contributed by atoms with E-state index in [9.17, 15) is 0 Å². The highest BCUT2D eigenvalue weighted by atomic mass is 17.2. The van der Waals surface area contributed by atoms with Gasteiger partial charge < -0.3 is 4.89 Å². The number of aryl methyl sites for hydroxylation is 5. The summed E-state index contributed by atoms with van der Waals surface area (Å²) in [5.74, 6) is 0.763. The number of unbranched alkanes of at least 4 members (excludes halogenated alkanes) is 2. The SMILES string of the molecule is CCc1n[nH]c(CC)c1CCCCOOc1ccc(CCCCc2c(CC)n[nH]c2CC)cc1. The Morgan fingerprint density at radius 2 is 1.18 bits per heavy atom. The van der Waals surface area contributed by atoms with Gasteiger partial charge in [-0.25, -0.2) is 0 Å². The third-order valence-corrected chi connectivity index (χ3v) is 6.58. The third kappa shape index (κ3) is 7.20. The molecule has 0 atom stereocenters. The number of aromatic nitrogens is 4. The normalized spacial score (nSPS) is 11.3. The van der Waals surface area contributed by atoms with Crippen LogP contribution in [-0.2, 0) is 49.8 Å². The van der Waals surface area contributed by atoms with Crippen LogP contribution in [0.2, 0.25) is 0 Å². The van der Waals surface area contributed by atoms with Gasteiger partial charge in [0, 0.05) is 11.4 Å². The van der Waals surface area contributed by atoms with Crippen molar-refractivity contribution in [2.45, 2.75) is 98.3 Å². The van der Waals surface area contributed by atoms with E-state index in [1.165, 1.54) is 52.3 Å². The number of hydrogen-bond acceptors (Lipinski definition) is 4. The van der Waals surface area contributed by atoms with Gasteiger partial charge >= 0.3 is 0 Å². The molecule has 0 unspecified atom stereocenters. The van der Waals surface area contributed by atoms with E-state index in [0.29, 0.717) is 6.61 Å². The number of benzene rings is 1. The van der Waals surface area contributed by atoms with Crippen molar-refractivity contribution in [2.75, 3.05) is 6.61 Å². The van der Waals surface area contributed by atoms with Gasteiger partial charge in [0.25, 0.3) is 0 Å². The van der Waals surface area contributed by atoms with Gasteiger partial charge in [-0.15, -0.1) is 0 Å². The maximum atomic E-state index is 5.48. The lowest BCUT2D eigenvalue weighted by atomic mass is 10.0. The minimum atomic E-state index is 0.593. The molecule has 0 saturated carbocycles. The summed E-state index contributed by atoms with van der Waals surface area (Å²) in [4.78, 5) is 10.9. The molecule has 3 rings (SSSR count). The number of rotatable bonds is 16. The second kappa shape index (κ2) is 14.0. The molecule has 2 aromatic heterocycles. The second-order valence-electron chi connectivity index (χ2n) is 8.88. The zero-order valence-electron chi connectivity index (χ0n) is 21.5. The van der Waals surface area contributed by atoms with Crippen LogP contribution in [0.1, 0.15) is 92.8 Å². The summed E-state index contributed by atoms with van der Waals surface area (Å²) in [5, 5.41) is 15.3. The van der Waals surface area contributed by atoms with Gasteiger partial charge in [-0.05, 0) is 99.5 Å². The Kier molecular flexibility index (Phi) is 10.7. The zero-order valence-corrected chi connectivity index (χ0v) is 21.5. The van der Waals surface area contributed by atoms with Gasteiger partial charge in [0.2, 0.25) is 0 Å². The molecule has 6 nitrogen and oxygen atoms in total. The smallest absolute Gasteiger partial charge is 0.165 e. The largest absolute Gasteiger partial charge is 0.338 e. The van der Waals surface area contributed by atoms with Gasteiger partial charge in [0.1, 0.15) is 0 Å². The van der Waals surface area contributed by atoms with E-state index < -0.39 is 0 Å². The van der Waals surface area contributed by atoms with E-state index in [2.05, 4.69) is 60.2 Å². The number of aromatic amines is 2. The molecule has 0 aliphatic heterocycles. The van der Waals surface area contributed by atoms with Gasteiger partial charge in [0.05, 0.1) is 18.0 Å². The molecule has 0 radical (unpaired) electrons. The first-order valence-corrected chi connectivity index (χ1v) is 13.2. The van der Waals surface area contributed by atoms with Crippen LogP contribution in [-0.4, -0.2) is 27.0 Å². The van der Waals surface area contributed by atoms with Crippen LogP contribution in [0.5, 0.6) is 5.75 Å². The summed E-state index contributed by atoms with van der Waals surface area (Å²) < 4.78 is 0. The first-order chi connectivity index (χ1) is 16.7. The molecule has 3 aromatic rings. The molecule has 0 aliphatic carbocycles. The fourth-order valence-electron chi connectivity index (χ4n) is 4.56. The molecular weight excluding hydrogens is 424 g/mol. The predicted molar refractivity (Wildman–Crippen MR) is 137 cm³/mol. The van der Waals surface area contributed by atoms with Crippen molar-refractivity contribution in [3.05, 3.63) is 63.7 Å².